The Labute approximate surface area is 107 Å². The van der Waals surface area contributed by atoms with Crippen LogP contribution in [0.5, 0.6) is 0 Å². The third-order valence-electron chi connectivity index (χ3n) is 3.04. The van der Waals surface area contributed by atoms with E-state index in [4.69, 9.17) is 5.11 Å². The molecule has 0 spiro atoms. The highest BCUT2D eigenvalue weighted by Crippen LogP contribution is 2.20. The monoisotopic (exact) mass is 258 g/mol. The van der Waals surface area contributed by atoms with E-state index in [0.29, 0.717) is 12.8 Å². The van der Waals surface area contributed by atoms with Gasteiger partial charge >= 0.3 is 5.97 Å². The quantitative estimate of drug-likeness (QED) is 0.625. The third kappa shape index (κ3) is 5.16. The molecule has 2 amide bonds. The van der Waals surface area contributed by atoms with Gasteiger partial charge in [0.05, 0.1) is 12.0 Å². The molecule has 0 aliphatic carbocycles. The zero-order valence-corrected chi connectivity index (χ0v) is 11.4. The minimum atomic E-state index is -0.953. The summed E-state index contributed by atoms with van der Waals surface area (Å²) < 4.78 is 0. The van der Waals surface area contributed by atoms with Crippen molar-refractivity contribution >= 4 is 17.8 Å². The smallest absolute Gasteiger partial charge is 0.305 e. The fourth-order valence-corrected chi connectivity index (χ4v) is 1.75. The molecule has 0 fully saturated rings. The predicted molar refractivity (Wildman–Crippen MR) is 67.0 cm³/mol. The van der Waals surface area contributed by atoms with Crippen molar-refractivity contribution in [3.63, 3.8) is 0 Å². The fourth-order valence-electron chi connectivity index (χ4n) is 1.75. The summed E-state index contributed by atoms with van der Waals surface area (Å²) in [5.41, 5.74) is -0.754. The highest BCUT2D eigenvalue weighted by Gasteiger charge is 2.32. The van der Waals surface area contributed by atoms with Gasteiger partial charge in [0.2, 0.25) is 11.8 Å². The molecule has 1 unspecified atom stereocenters. The molecule has 0 saturated carbocycles. The van der Waals surface area contributed by atoms with Crippen molar-refractivity contribution in [2.24, 2.45) is 0 Å². The topological polar surface area (TPSA) is 95.5 Å². The van der Waals surface area contributed by atoms with E-state index in [1.807, 2.05) is 13.8 Å². The first kappa shape index (κ1) is 16.4. The number of nitrogens with one attached hydrogen (secondary N) is 2. The molecule has 0 heterocycles. The normalized spacial score (nSPS) is 12.7. The van der Waals surface area contributed by atoms with Gasteiger partial charge in [-0.1, -0.05) is 13.8 Å². The molecule has 1 atom stereocenters. The molecule has 104 valence electrons. The van der Waals surface area contributed by atoms with Crippen molar-refractivity contribution in [1.29, 1.82) is 0 Å². The molecular weight excluding hydrogens is 236 g/mol. The van der Waals surface area contributed by atoms with Crippen LogP contribution in [0.25, 0.3) is 0 Å². The van der Waals surface area contributed by atoms with Crippen LogP contribution in [-0.2, 0) is 14.4 Å². The van der Waals surface area contributed by atoms with E-state index < -0.39 is 17.6 Å². The predicted octanol–water partition coefficient (Wildman–Crippen LogP) is 0.661. The lowest BCUT2D eigenvalue weighted by Gasteiger charge is -2.32. The van der Waals surface area contributed by atoms with Gasteiger partial charge in [0.1, 0.15) is 6.04 Å². The van der Waals surface area contributed by atoms with E-state index in [9.17, 15) is 14.4 Å². The van der Waals surface area contributed by atoms with E-state index in [1.54, 1.807) is 6.92 Å². The first-order valence-corrected chi connectivity index (χ1v) is 6.07. The van der Waals surface area contributed by atoms with Gasteiger partial charge in [-0.25, -0.2) is 0 Å². The number of carboxylic acid groups (broad SMARTS) is 1. The van der Waals surface area contributed by atoms with E-state index in [2.05, 4.69) is 10.6 Å². The Morgan fingerprint density at radius 1 is 1.22 bits per heavy atom. The van der Waals surface area contributed by atoms with Gasteiger partial charge < -0.3 is 15.7 Å². The Kier molecular flexibility index (Phi) is 6.36. The Morgan fingerprint density at radius 3 is 2.06 bits per heavy atom. The summed E-state index contributed by atoms with van der Waals surface area (Å²) >= 11 is 0. The molecule has 0 aromatic carbocycles. The molecule has 0 rings (SSSR count). The molecule has 0 saturated heterocycles. The number of hydrogen-bond acceptors (Lipinski definition) is 3. The first-order valence-electron chi connectivity index (χ1n) is 6.07. The molecule has 0 bridgehead atoms. The number of carboxylic acids is 1. The Bertz CT molecular complexity index is 324. The Hall–Kier alpha value is -1.59. The van der Waals surface area contributed by atoms with Crippen LogP contribution in [0.15, 0.2) is 0 Å². The van der Waals surface area contributed by atoms with E-state index in [1.165, 1.54) is 6.92 Å². The van der Waals surface area contributed by atoms with Gasteiger partial charge in [0, 0.05) is 6.92 Å². The lowest BCUT2D eigenvalue weighted by molar-refractivity contribution is -0.139. The second kappa shape index (κ2) is 6.98. The number of aliphatic carboxylic acids is 1. The summed E-state index contributed by atoms with van der Waals surface area (Å²) in [6, 6.07) is -0.672. The summed E-state index contributed by atoms with van der Waals surface area (Å²) in [5, 5.41) is 14.1. The van der Waals surface area contributed by atoms with Crippen molar-refractivity contribution in [2.75, 3.05) is 0 Å². The van der Waals surface area contributed by atoms with Gasteiger partial charge in [-0.2, -0.15) is 0 Å². The number of rotatable bonds is 7. The molecule has 0 aromatic heterocycles. The fraction of sp³-hybridized carbons (Fsp3) is 0.750. The summed E-state index contributed by atoms with van der Waals surface area (Å²) in [6.07, 6.45) is 0.918. The maximum absolute atomic E-state index is 11.9. The SMILES string of the molecule is CCC(CC)(CC(=O)O)NC(=O)C(C)NC(C)=O. The van der Waals surface area contributed by atoms with E-state index in [-0.39, 0.29) is 18.2 Å². The molecule has 3 N–H and O–H groups in total. The van der Waals surface area contributed by atoms with Gasteiger partial charge in [0.25, 0.3) is 0 Å². The Balaban J connectivity index is 4.72. The number of carbonyl (C=O) groups excluding carboxylic acids is 2. The van der Waals surface area contributed by atoms with Gasteiger partial charge in [-0.05, 0) is 19.8 Å². The standard InChI is InChI=1S/C12H22N2O4/c1-5-12(6-2,7-10(16)17)14-11(18)8(3)13-9(4)15/h8H,5-7H2,1-4H3,(H,13,15)(H,14,18)(H,16,17). The lowest BCUT2D eigenvalue weighted by atomic mass is 9.88. The number of amides is 2. The zero-order valence-electron chi connectivity index (χ0n) is 11.4. The van der Waals surface area contributed by atoms with E-state index >= 15 is 0 Å². The van der Waals surface area contributed by atoms with E-state index in [0.717, 1.165) is 0 Å². The summed E-state index contributed by atoms with van der Waals surface area (Å²) in [5.74, 6) is -1.61. The van der Waals surface area contributed by atoms with Crippen molar-refractivity contribution in [3.8, 4) is 0 Å². The third-order valence-corrected chi connectivity index (χ3v) is 3.04. The van der Waals surface area contributed by atoms with Crippen LogP contribution in [-0.4, -0.2) is 34.5 Å². The molecule has 0 radical (unpaired) electrons. The number of carbonyl (C=O) groups is 3. The lowest BCUT2D eigenvalue weighted by Crippen LogP contribution is -2.54. The summed E-state index contributed by atoms with van der Waals surface area (Å²) in [7, 11) is 0. The minimum Gasteiger partial charge on any atom is -0.481 e. The molecular formula is C12H22N2O4. The number of hydrogen-bond donors (Lipinski definition) is 3. The molecule has 0 aliphatic heterocycles. The van der Waals surface area contributed by atoms with Crippen molar-refractivity contribution in [1.82, 2.24) is 10.6 Å². The molecule has 6 nitrogen and oxygen atoms in total. The van der Waals surface area contributed by atoms with Crippen LogP contribution < -0.4 is 10.6 Å². The van der Waals surface area contributed by atoms with Crippen molar-refractivity contribution in [2.45, 2.75) is 58.5 Å². The summed E-state index contributed by atoms with van der Waals surface area (Å²) in [4.78, 5) is 33.6. The highest BCUT2D eigenvalue weighted by molar-refractivity contribution is 5.87. The van der Waals surface area contributed by atoms with Crippen LogP contribution in [0.2, 0.25) is 0 Å². The zero-order chi connectivity index (χ0) is 14.3. The van der Waals surface area contributed by atoms with Gasteiger partial charge in [-0.3, -0.25) is 14.4 Å². The molecule has 0 aromatic rings. The summed E-state index contributed by atoms with van der Waals surface area (Å²) in [6.45, 7) is 6.55. The molecule has 18 heavy (non-hydrogen) atoms. The second-order valence-corrected chi connectivity index (χ2v) is 4.47. The van der Waals surface area contributed by atoms with Crippen LogP contribution in [0.1, 0.15) is 47.0 Å². The first-order chi connectivity index (χ1) is 8.26. The van der Waals surface area contributed by atoms with Crippen LogP contribution in [0.4, 0.5) is 0 Å². The largest absolute Gasteiger partial charge is 0.481 e. The van der Waals surface area contributed by atoms with Crippen LogP contribution in [0.3, 0.4) is 0 Å². The van der Waals surface area contributed by atoms with Gasteiger partial charge in [-0.15, -0.1) is 0 Å². The maximum atomic E-state index is 11.9. The minimum absolute atomic E-state index is 0.126. The molecule has 0 aliphatic rings. The molecule has 6 heteroatoms. The Morgan fingerprint density at radius 2 is 1.72 bits per heavy atom. The highest BCUT2D eigenvalue weighted by atomic mass is 16.4. The van der Waals surface area contributed by atoms with Crippen LogP contribution in [0, 0.1) is 0 Å². The van der Waals surface area contributed by atoms with Crippen molar-refractivity contribution < 1.29 is 19.5 Å². The van der Waals surface area contributed by atoms with Crippen LogP contribution >= 0.6 is 0 Å². The average Bonchev–Trinajstić information content (AvgIpc) is 2.26. The maximum Gasteiger partial charge on any atom is 0.305 e. The second-order valence-electron chi connectivity index (χ2n) is 4.47. The van der Waals surface area contributed by atoms with Crippen molar-refractivity contribution in [3.05, 3.63) is 0 Å². The van der Waals surface area contributed by atoms with Gasteiger partial charge in [0.15, 0.2) is 0 Å². The average molecular weight is 258 g/mol.